The van der Waals surface area contributed by atoms with Crippen LogP contribution in [0, 0.1) is 5.82 Å². The lowest BCUT2D eigenvalue weighted by atomic mass is 10.2. The summed E-state index contributed by atoms with van der Waals surface area (Å²) < 4.78 is 12.4. The van der Waals surface area contributed by atoms with E-state index in [9.17, 15) is 4.39 Å². The van der Waals surface area contributed by atoms with Crippen LogP contribution in [0.3, 0.4) is 0 Å². The highest BCUT2D eigenvalue weighted by atomic mass is 19.1. The zero-order valence-corrected chi connectivity index (χ0v) is 5.58. The van der Waals surface area contributed by atoms with Crippen molar-refractivity contribution in [2.75, 3.05) is 0 Å². The first-order valence-corrected chi connectivity index (χ1v) is 2.98. The first-order valence-electron chi connectivity index (χ1n) is 2.98. The van der Waals surface area contributed by atoms with Crippen molar-refractivity contribution in [2.45, 2.75) is 13.0 Å². The van der Waals surface area contributed by atoms with Gasteiger partial charge in [-0.25, -0.2) is 4.39 Å². The third-order valence-corrected chi connectivity index (χ3v) is 1.21. The van der Waals surface area contributed by atoms with Crippen LogP contribution < -0.4 is 0 Å². The van der Waals surface area contributed by atoms with Crippen LogP contribution in [0.2, 0.25) is 0 Å². The molecule has 0 spiro atoms. The third-order valence-electron chi connectivity index (χ3n) is 1.21. The molecule has 0 amide bonds. The van der Waals surface area contributed by atoms with Crippen molar-refractivity contribution < 1.29 is 9.50 Å². The van der Waals surface area contributed by atoms with E-state index in [1.165, 1.54) is 12.3 Å². The van der Waals surface area contributed by atoms with Gasteiger partial charge >= 0.3 is 0 Å². The Morgan fingerprint density at radius 3 is 2.70 bits per heavy atom. The Kier molecular flexibility index (Phi) is 1.97. The highest BCUT2D eigenvalue weighted by Gasteiger charge is 2.00. The van der Waals surface area contributed by atoms with Crippen molar-refractivity contribution >= 4 is 0 Å². The molecule has 1 atom stereocenters. The van der Waals surface area contributed by atoms with Crippen LogP contribution in [0.4, 0.5) is 4.39 Å². The second-order valence-corrected chi connectivity index (χ2v) is 2.11. The summed E-state index contributed by atoms with van der Waals surface area (Å²) in [7, 11) is 0. The summed E-state index contributed by atoms with van der Waals surface area (Å²) in [5.74, 6) is -0.418. The van der Waals surface area contributed by atoms with E-state index in [1.807, 2.05) is 0 Å². The van der Waals surface area contributed by atoms with E-state index in [0.29, 0.717) is 5.56 Å². The largest absolute Gasteiger partial charge is 0.389 e. The molecule has 0 aliphatic heterocycles. The number of hydrogen-bond acceptors (Lipinski definition) is 2. The summed E-state index contributed by atoms with van der Waals surface area (Å²) in [6.45, 7) is 1.57. The van der Waals surface area contributed by atoms with Gasteiger partial charge in [0.15, 0.2) is 0 Å². The highest BCUT2D eigenvalue weighted by molar-refractivity contribution is 5.11. The number of aliphatic hydroxyl groups is 1. The number of hydrogen-bond donors (Lipinski definition) is 1. The summed E-state index contributed by atoms with van der Waals surface area (Å²) >= 11 is 0. The summed E-state index contributed by atoms with van der Waals surface area (Å²) in [4.78, 5) is 3.57. The monoisotopic (exact) mass is 141 g/mol. The molecule has 0 radical (unpaired) electrons. The molecule has 10 heavy (non-hydrogen) atoms. The molecule has 0 aromatic carbocycles. The van der Waals surface area contributed by atoms with Crippen molar-refractivity contribution in [3.05, 3.63) is 29.8 Å². The van der Waals surface area contributed by atoms with Gasteiger partial charge in [-0.3, -0.25) is 4.98 Å². The fraction of sp³-hybridized carbons (Fsp3) is 0.286. The summed E-state index contributed by atoms with van der Waals surface area (Å²) in [6.07, 6.45) is 1.89. The molecule has 1 aromatic heterocycles. The smallest absolute Gasteiger partial charge is 0.141 e. The van der Waals surface area contributed by atoms with E-state index in [4.69, 9.17) is 5.11 Å². The molecule has 1 N–H and O–H groups in total. The second kappa shape index (κ2) is 2.75. The van der Waals surface area contributed by atoms with Gasteiger partial charge in [0.2, 0.25) is 0 Å². The molecule has 54 valence electrons. The van der Waals surface area contributed by atoms with E-state index < -0.39 is 11.9 Å². The van der Waals surface area contributed by atoms with Gasteiger partial charge in [-0.1, -0.05) is 0 Å². The maximum absolute atomic E-state index is 12.4. The Balaban J connectivity index is 2.96. The fourth-order valence-corrected chi connectivity index (χ4v) is 0.657. The molecule has 0 saturated heterocycles. The van der Waals surface area contributed by atoms with Gasteiger partial charge in [-0.15, -0.1) is 0 Å². The molecular weight excluding hydrogens is 133 g/mol. The Bertz CT molecular complexity index is 225. The van der Waals surface area contributed by atoms with E-state index in [1.54, 1.807) is 6.92 Å². The van der Waals surface area contributed by atoms with Crippen LogP contribution >= 0.6 is 0 Å². The van der Waals surface area contributed by atoms with E-state index >= 15 is 0 Å². The summed E-state index contributed by atoms with van der Waals surface area (Å²) in [6, 6.07) is 1.26. The predicted octanol–water partition coefficient (Wildman–Crippen LogP) is 1.27. The maximum atomic E-state index is 12.4. The Hall–Kier alpha value is -0.960. The maximum Gasteiger partial charge on any atom is 0.141 e. The van der Waals surface area contributed by atoms with Crippen molar-refractivity contribution in [1.29, 1.82) is 0 Å². The lowest BCUT2D eigenvalue weighted by Gasteiger charge is -2.01. The first kappa shape index (κ1) is 7.15. The molecule has 2 nitrogen and oxygen atoms in total. The van der Waals surface area contributed by atoms with Gasteiger partial charge in [0.1, 0.15) is 5.82 Å². The SMILES string of the molecule is C[C@H](O)c1cncc(F)c1. The molecule has 0 aliphatic carbocycles. The molecule has 0 fully saturated rings. The quantitative estimate of drug-likeness (QED) is 0.639. The topological polar surface area (TPSA) is 33.1 Å². The van der Waals surface area contributed by atoms with E-state index in [2.05, 4.69) is 4.98 Å². The van der Waals surface area contributed by atoms with E-state index in [0.717, 1.165) is 6.20 Å². The third kappa shape index (κ3) is 1.51. The average molecular weight is 141 g/mol. The molecule has 1 rings (SSSR count). The van der Waals surface area contributed by atoms with Crippen LogP contribution in [0.5, 0.6) is 0 Å². The number of pyridine rings is 1. The Labute approximate surface area is 58.3 Å². The number of halogens is 1. The summed E-state index contributed by atoms with van der Waals surface area (Å²) in [5, 5.41) is 8.94. The fourth-order valence-electron chi connectivity index (χ4n) is 0.657. The Morgan fingerprint density at radius 1 is 1.60 bits per heavy atom. The Morgan fingerprint density at radius 2 is 2.30 bits per heavy atom. The minimum Gasteiger partial charge on any atom is -0.389 e. The van der Waals surface area contributed by atoms with Crippen LogP contribution in [0.1, 0.15) is 18.6 Å². The normalized spacial score (nSPS) is 13.1. The molecule has 0 bridgehead atoms. The minimum atomic E-state index is -0.650. The number of rotatable bonds is 1. The number of nitrogens with zero attached hydrogens (tertiary/aromatic N) is 1. The predicted molar refractivity (Wildman–Crippen MR) is 34.8 cm³/mol. The van der Waals surface area contributed by atoms with Gasteiger partial charge in [-0.2, -0.15) is 0 Å². The first-order chi connectivity index (χ1) is 4.70. The standard InChI is InChI=1S/C7H8FNO/c1-5(10)6-2-7(8)4-9-3-6/h2-5,10H,1H3/t5-/m0/s1. The number of aliphatic hydroxyl groups excluding tert-OH is 1. The van der Waals surface area contributed by atoms with Crippen LogP contribution in [-0.2, 0) is 0 Å². The molecule has 0 aliphatic rings. The van der Waals surface area contributed by atoms with E-state index in [-0.39, 0.29) is 0 Å². The van der Waals surface area contributed by atoms with Crippen LogP contribution in [-0.4, -0.2) is 10.1 Å². The van der Waals surface area contributed by atoms with Crippen LogP contribution in [0.15, 0.2) is 18.5 Å². The lowest BCUT2D eigenvalue weighted by Crippen LogP contribution is -1.92. The molecule has 0 saturated carbocycles. The van der Waals surface area contributed by atoms with Crippen molar-refractivity contribution in [1.82, 2.24) is 4.98 Å². The second-order valence-electron chi connectivity index (χ2n) is 2.11. The highest BCUT2D eigenvalue weighted by Crippen LogP contribution is 2.10. The molecule has 1 aromatic rings. The average Bonchev–Trinajstić information content (AvgIpc) is 1.88. The molecular formula is C7H8FNO. The van der Waals surface area contributed by atoms with Gasteiger partial charge in [0, 0.05) is 11.8 Å². The van der Waals surface area contributed by atoms with Crippen molar-refractivity contribution in [3.63, 3.8) is 0 Å². The van der Waals surface area contributed by atoms with Crippen molar-refractivity contribution in [2.24, 2.45) is 0 Å². The zero-order chi connectivity index (χ0) is 7.56. The van der Waals surface area contributed by atoms with Gasteiger partial charge in [0.25, 0.3) is 0 Å². The summed E-state index contributed by atoms with van der Waals surface area (Å²) in [5.41, 5.74) is 0.500. The molecule has 3 heteroatoms. The zero-order valence-electron chi connectivity index (χ0n) is 5.58. The minimum absolute atomic E-state index is 0.418. The molecule has 1 heterocycles. The lowest BCUT2D eigenvalue weighted by molar-refractivity contribution is 0.198. The number of aromatic nitrogens is 1. The van der Waals surface area contributed by atoms with Gasteiger partial charge < -0.3 is 5.11 Å². The van der Waals surface area contributed by atoms with Crippen molar-refractivity contribution in [3.8, 4) is 0 Å². The van der Waals surface area contributed by atoms with Gasteiger partial charge in [0.05, 0.1) is 12.3 Å². The molecule has 0 unspecified atom stereocenters. The van der Waals surface area contributed by atoms with Gasteiger partial charge in [-0.05, 0) is 13.0 Å². The van der Waals surface area contributed by atoms with Crippen LogP contribution in [0.25, 0.3) is 0 Å².